The minimum absolute atomic E-state index is 0.0170. The van der Waals surface area contributed by atoms with Gasteiger partial charge in [0, 0.05) is 31.0 Å². The van der Waals surface area contributed by atoms with Gasteiger partial charge in [-0.1, -0.05) is 6.07 Å². The molecular formula is C24H30N4O4S. The Bertz CT molecular complexity index is 1190. The van der Waals surface area contributed by atoms with E-state index in [1.807, 2.05) is 30.9 Å². The van der Waals surface area contributed by atoms with Crippen LogP contribution < -0.4 is 14.9 Å². The van der Waals surface area contributed by atoms with Crippen LogP contribution in [0, 0.1) is 13.8 Å². The molecule has 2 aliphatic rings. The summed E-state index contributed by atoms with van der Waals surface area (Å²) < 4.78 is 28.3. The molecule has 176 valence electrons. The van der Waals surface area contributed by atoms with Crippen molar-refractivity contribution in [2.45, 2.75) is 51.0 Å². The summed E-state index contributed by atoms with van der Waals surface area (Å²) in [5.74, 6) is -0.439. The quantitative estimate of drug-likeness (QED) is 0.701. The average Bonchev–Trinajstić information content (AvgIpc) is 3.45. The van der Waals surface area contributed by atoms with E-state index in [0.717, 1.165) is 48.3 Å². The van der Waals surface area contributed by atoms with E-state index >= 15 is 0 Å². The first kappa shape index (κ1) is 23.3. The van der Waals surface area contributed by atoms with Gasteiger partial charge in [0.2, 0.25) is 15.9 Å². The third-order valence-electron chi connectivity index (χ3n) is 6.36. The Labute approximate surface area is 195 Å². The minimum Gasteiger partial charge on any atom is -0.325 e. The Kier molecular flexibility index (Phi) is 6.45. The van der Waals surface area contributed by atoms with Gasteiger partial charge < -0.3 is 10.2 Å². The molecule has 8 nitrogen and oxygen atoms in total. The van der Waals surface area contributed by atoms with Crippen molar-refractivity contribution >= 4 is 33.3 Å². The number of anilines is 2. The first-order valence-electron chi connectivity index (χ1n) is 11.3. The van der Waals surface area contributed by atoms with Crippen LogP contribution in [0.2, 0.25) is 0 Å². The molecule has 3 amide bonds. The molecule has 9 heteroatoms. The van der Waals surface area contributed by atoms with E-state index in [1.165, 1.54) is 13.0 Å². The molecule has 2 heterocycles. The molecule has 1 atom stereocenters. The van der Waals surface area contributed by atoms with Crippen LogP contribution in [0.15, 0.2) is 41.3 Å². The maximum atomic E-state index is 12.9. The topological polar surface area (TPSA) is 98.8 Å². The van der Waals surface area contributed by atoms with Crippen molar-refractivity contribution in [1.29, 1.82) is 0 Å². The second kappa shape index (κ2) is 9.15. The highest BCUT2D eigenvalue weighted by atomic mass is 32.2. The molecule has 1 saturated heterocycles. The summed E-state index contributed by atoms with van der Waals surface area (Å²) in [6, 6.07) is 9.34. The molecule has 4 rings (SSSR count). The van der Waals surface area contributed by atoms with Gasteiger partial charge in [0.25, 0.3) is 0 Å². The number of urea groups is 1. The number of amides is 3. The van der Waals surface area contributed by atoms with Gasteiger partial charge in [-0.15, -0.1) is 0 Å². The zero-order valence-electron chi connectivity index (χ0n) is 19.2. The summed E-state index contributed by atoms with van der Waals surface area (Å²) in [7, 11) is -3.91. The van der Waals surface area contributed by atoms with Gasteiger partial charge in [0.15, 0.2) is 0 Å². The highest BCUT2D eigenvalue weighted by Gasteiger charge is 2.31. The second-order valence-corrected chi connectivity index (χ2v) is 10.5. The van der Waals surface area contributed by atoms with Crippen molar-refractivity contribution in [2.75, 3.05) is 29.9 Å². The van der Waals surface area contributed by atoms with Crippen molar-refractivity contribution in [3.8, 4) is 0 Å². The van der Waals surface area contributed by atoms with Gasteiger partial charge >= 0.3 is 6.03 Å². The molecule has 2 aromatic carbocycles. The number of rotatable bonds is 5. The zero-order chi connectivity index (χ0) is 23.8. The minimum atomic E-state index is -3.91. The Balaban J connectivity index is 1.44. The first-order valence-corrected chi connectivity index (χ1v) is 12.7. The molecule has 0 aliphatic carbocycles. The molecular weight excluding hydrogens is 440 g/mol. The normalized spacial score (nSPS) is 16.6. The summed E-state index contributed by atoms with van der Waals surface area (Å²) in [5, 5.41) is 2.76. The Morgan fingerprint density at radius 2 is 1.70 bits per heavy atom. The Hall–Kier alpha value is -2.91. The second-order valence-electron chi connectivity index (χ2n) is 8.80. The van der Waals surface area contributed by atoms with Crippen LogP contribution in [-0.4, -0.2) is 50.9 Å². The molecule has 1 unspecified atom stereocenters. The van der Waals surface area contributed by atoms with Gasteiger partial charge in [-0.3, -0.25) is 9.69 Å². The predicted molar refractivity (Wildman–Crippen MR) is 128 cm³/mol. The number of likely N-dealkylation sites (tertiary alicyclic amines) is 1. The first-order chi connectivity index (χ1) is 15.7. The number of nitrogens with one attached hydrogen (secondary N) is 2. The monoisotopic (exact) mass is 470 g/mol. The van der Waals surface area contributed by atoms with Crippen molar-refractivity contribution < 1.29 is 18.0 Å². The standard InChI is InChI=1S/C24H30N4O4S/c1-16-6-7-20(14-17(16)2)25-23(29)18(3)26-33(31,32)21-8-9-22-19(15-21)10-13-28(22)24(30)27-11-4-5-12-27/h6-9,14-15,18,26H,4-5,10-13H2,1-3H3,(H,25,29). The van der Waals surface area contributed by atoms with Crippen LogP contribution in [-0.2, 0) is 21.2 Å². The Morgan fingerprint density at radius 1 is 0.970 bits per heavy atom. The lowest BCUT2D eigenvalue weighted by molar-refractivity contribution is -0.117. The van der Waals surface area contributed by atoms with Crippen LogP contribution >= 0.6 is 0 Å². The number of carbonyl (C=O) groups excluding carboxylic acids is 2. The number of sulfonamides is 1. The third-order valence-corrected chi connectivity index (χ3v) is 7.90. The summed E-state index contributed by atoms with van der Waals surface area (Å²) in [6.07, 6.45) is 2.64. The van der Waals surface area contributed by atoms with Crippen molar-refractivity contribution in [1.82, 2.24) is 9.62 Å². The van der Waals surface area contributed by atoms with E-state index in [1.54, 1.807) is 23.1 Å². The van der Waals surface area contributed by atoms with Gasteiger partial charge in [0.1, 0.15) is 0 Å². The highest BCUT2D eigenvalue weighted by molar-refractivity contribution is 7.89. The lowest BCUT2D eigenvalue weighted by atomic mass is 10.1. The molecule has 0 saturated carbocycles. The molecule has 0 aromatic heterocycles. The maximum absolute atomic E-state index is 12.9. The fourth-order valence-electron chi connectivity index (χ4n) is 4.25. The molecule has 2 aliphatic heterocycles. The molecule has 33 heavy (non-hydrogen) atoms. The smallest absolute Gasteiger partial charge is 0.324 e. The fraction of sp³-hybridized carbons (Fsp3) is 0.417. The molecule has 1 fully saturated rings. The maximum Gasteiger partial charge on any atom is 0.324 e. The number of carbonyl (C=O) groups is 2. The van der Waals surface area contributed by atoms with Gasteiger partial charge in [-0.05, 0) is 87.1 Å². The lowest BCUT2D eigenvalue weighted by Gasteiger charge is -2.24. The van der Waals surface area contributed by atoms with E-state index in [4.69, 9.17) is 0 Å². The summed E-state index contributed by atoms with van der Waals surface area (Å²) in [5.41, 5.74) is 4.34. The van der Waals surface area contributed by atoms with Crippen LogP contribution in [0.4, 0.5) is 16.2 Å². The molecule has 0 radical (unpaired) electrons. The lowest BCUT2D eigenvalue weighted by Crippen LogP contribution is -2.41. The summed E-state index contributed by atoms with van der Waals surface area (Å²) >= 11 is 0. The molecule has 0 bridgehead atoms. The van der Waals surface area contributed by atoms with E-state index in [2.05, 4.69) is 10.0 Å². The summed E-state index contributed by atoms with van der Waals surface area (Å²) in [6.45, 7) is 7.51. The van der Waals surface area contributed by atoms with Crippen LogP contribution in [0.5, 0.6) is 0 Å². The molecule has 2 aromatic rings. The largest absolute Gasteiger partial charge is 0.325 e. The SMILES string of the molecule is Cc1ccc(NC(=O)C(C)NS(=O)(=O)c2ccc3c(c2)CCN3C(=O)N2CCCC2)cc1C. The molecule has 2 N–H and O–H groups in total. The summed E-state index contributed by atoms with van der Waals surface area (Å²) in [4.78, 5) is 29.0. The van der Waals surface area contributed by atoms with E-state index in [9.17, 15) is 18.0 Å². The fourth-order valence-corrected chi connectivity index (χ4v) is 5.50. The van der Waals surface area contributed by atoms with Crippen molar-refractivity contribution in [3.63, 3.8) is 0 Å². The van der Waals surface area contributed by atoms with Crippen LogP contribution in [0.25, 0.3) is 0 Å². The van der Waals surface area contributed by atoms with Gasteiger partial charge in [-0.25, -0.2) is 13.2 Å². The number of fused-ring (bicyclic) bond motifs is 1. The van der Waals surface area contributed by atoms with E-state index in [-0.39, 0.29) is 10.9 Å². The third kappa shape index (κ3) is 4.89. The number of aryl methyl sites for hydroxylation is 2. The van der Waals surface area contributed by atoms with Gasteiger partial charge in [-0.2, -0.15) is 4.72 Å². The number of benzene rings is 2. The van der Waals surface area contributed by atoms with E-state index < -0.39 is 22.0 Å². The highest BCUT2D eigenvalue weighted by Crippen LogP contribution is 2.31. The number of hydrogen-bond donors (Lipinski definition) is 2. The zero-order valence-corrected chi connectivity index (χ0v) is 20.0. The van der Waals surface area contributed by atoms with E-state index in [0.29, 0.717) is 18.7 Å². The predicted octanol–water partition coefficient (Wildman–Crippen LogP) is 3.19. The number of nitrogens with zero attached hydrogens (tertiary/aromatic N) is 2. The van der Waals surface area contributed by atoms with Crippen molar-refractivity contribution in [3.05, 3.63) is 53.1 Å². The van der Waals surface area contributed by atoms with Crippen molar-refractivity contribution in [2.24, 2.45) is 0 Å². The average molecular weight is 471 g/mol. The van der Waals surface area contributed by atoms with Crippen LogP contribution in [0.3, 0.4) is 0 Å². The van der Waals surface area contributed by atoms with Gasteiger partial charge in [0.05, 0.1) is 10.9 Å². The number of hydrogen-bond acceptors (Lipinski definition) is 4. The Morgan fingerprint density at radius 3 is 2.39 bits per heavy atom. The van der Waals surface area contributed by atoms with Crippen LogP contribution in [0.1, 0.15) is 36.5 Å². The molecule has 0 spiro atoms.